The van der Waals surface area contributed by atoms with Crippen molar-refractivity contribution in [1.29, 1.82) is 0 Å². The summed E-state index contributed by atoms with van der Waals surface area (Å²) in [5.74, 6) is 0.0160. The highest BCUT2D eigenvalue weighted by Gasteiger charge is 2.25. The highest BCUT2D eigenvalue weighted by atomic mass is 16.5. The molecule has 0 atom stereocenters. The molecule has 1 aromatic carbocycles. The fourth-order valence-corrected chi connectivity index (χ4v) is 1.15. The Kier molecular flexibility index (Phi) is 3.48. The minimum absolute atomic E-state index is 0.343. The van der Waals surface area contributed by atoms with Crippen LogP contribution in [0.15, 0.2) is 18.2 Å². The van der Waals surface area contributed by atoms with Gasteiger partial charge in [-0.1, -0.05) is 12.1 Å². The van der Waals surface area contributed by atoms with Crippen LogP contribution in [-0.4, -0.2) is 12.3 Å². The smallest absolute Gasteiger partial charge is 0.316 e. The molecule has 0 spiro atoms. The zero-order valence-electron chi connectivity index (χ0n) is 10.0. The van der Waals surface area contributed by atoms with Crippen LogP contribution in [0.1, 0.15) is 36.7 Å². The van der Waals surface area contributed by atoms with Gasteiger partial charge in [-0.3, -0.25) is 9.59 Å². The number of carbonyl (C=O) groups excluding carboxylic acids is 2. The molecule has 0 aromatic heterocycles. The topological polar surface area (TPSA) is 43.4 Å². The van der Waals surface area contributed by atoms with Gasteiger partial charge in [-0.2, -0.15) is 0 Å². The number of hydrogen-bond donors (Lipinski definition) is 0. The second kappa shape index (κ2) is 4.47. The maximum Gasteiger partial charge on any atom is 0.316 e. The fraction of sp³-hybridized carbons (Fsp3) is 0.385. The Morgan fingerprint density at radius 3 is 2.44 bits per heavy atom. The zero-order chi connectivity index (χ0) is 12.3. The average Bonchev–Trinajstić information content (AvgIpc) is 2.19. The number of aryl methyl sites for hydroxylation is 1. The van der Waals surface area contributed by atoms with Crippen LogP contribution in [0, 0.1) is 12.3 Å². The summed E-state index contributed by atoms with van der Waals surface area (Å²) in [7, 11) is 0. The Morgan fingerprint density at radius 1 is 1.31 bits per heavy atom. The summed E-state index contributed by atoms with van der Waals surface area (Å²) in [6.07, 6.45) is 0.693. The van der Waals surface area contributed by atoms with Crippen molar-refractivity contribution in [3.05, 3.63) is 29.3 Å². The summed E-state index contributed by atoms with van der Waals surface area (Å²) in [6, 6.07) is 5.19. The number of para-hydroxylation sites is 1. The minimum Gasteiger partial charge on any atom is -0.425 e. The minimum atomic E-state index is -0.581. The summed E-state index contributed by atoms with van der Waals surface area (Å²) in [5.41, 5.74) is 0.599. The molecule has 3 nitrogen and oxygen atoms in total. The van der Waals surface area contributed by atoms with Gasteiger partial charge >= 0.3 is 5.97 Å². The van der Waals surface area contributed by atoms with E-state index in [9.17, 15) is 9.59 Å². The van der Waals surface area contributed by atoms with Crippen LogP contribution in [0.5, 0.6) is 5.75 Å². The first-order chi connectivity index (χ1) is 7.36. The highest BCUT2D eigenvalue weighted by Crippen LogP contribution is 2.25. The largest absolute Gasteiger partial charge is 0.425 e. The lowest BCUT2D eigenvalue weighted by molar-refractivity contribution is -0.143. The van der Waals surface area contributed by atoms with E-state index < -0.39 is 5.41 Å². The third-order valence-electron chi connectivity index (χ3n) is 2.18. The standard InChI is InChI=1S/C13H16O3/c1-9-6-5-7-10(8-14)11(9)16-12(15)13(2,3)4/h5-8H,1-4H3. The van der Waals surface area contributed by atoms with Crippen molar-refractivity contribution >= 4 is 12.3 Å². The van der Waals surface area contributed by atoms with Gasteiger partial charge in [-0.05, 0) is 39.3 Å². The van der Waals surface area contributed by atoms with Crippen molar-refractivity contribution < 1.29 is 14.3 Å². The summed E-state index contributed by atoms with van der Waals surface area (Å²) >= 11 is 0. The van der Waals surface area contributed by atoms with Crippen molar-refractivity contribution in [3.63, 3.8) is 0 Å². The molecule has 1 aromatic rings. The normalized spacial score (nSPS) is 11.0. The van der Waals surface area contributed by atoms with Crippen LogP contribution in [0.2, 0.25) is 0 Å². The van der Waals surface area contributed by atoms with Gasteiger partial charge in [-0.25, -0.2) is 0 Å². The van der Waals surface area contributed by atoms with Gasteiger partial charge in [0.1, 0.15) is 5.75 Å². The van der Waals surface area contributed by atoms with Crippen LogP contribution in [0.3, 0.4) is 0 Å². The lowest BCUT2D eigenvalue weighted by Gasteiger charge is -2.18. The molecule has 0 radical (unpaired) electrons. The number of ether oxygens (including phenoxy) is 1. The van der Waals surface area contributed by atoms with Gasteiger partial charge < -0.3 is 4.74 Å². The molecule has 3 heteroatoms. The highest BCUT2D eigenvalue weighted by molar-refractivity contribution is 5.84. The Bertz CT molecular complexity index is 414. The second-order valence-corrected chi connectivity index (χ2v) is 4.75. The molecule has 0 N–H and O–H groups in total. The predicted molar refractivity (Wildman–Crippen MR) is 61.7 cm³/mol. The first kappa shape index (κ1) is 12.4. The number of hydrogen-bond acceptors (Lipinski definition) is 3. The summed E-state index contributed by atoms with van der Waals surface area (Å²) in [6.45, 7) is 7.12. The lowest BCUT2D eigenvalue weighted by Crippen LogP contribution is -2.26. The Morgan fingerprint density at radius 2 is 1.94 bits per heavy atom. The van der Waals surface area contributed by atoms with Crippen molar-refractivity contribution in [2.75, 3.05) is 0 Å². The molecule has 0 unspecified atom stereocenters. The van der Waals surface area contributed by atoms with Gasteiger partial charge in [0.05, 0.1) is 11.0 Å². The predicted octanol–water partition coefficient (Wildman–Crippen LogP) is 2.76. The number of rotatable bonds is 2. The molecule has 0 aliphatic carbocycles. The molecule has 0 fully saturated rings. The fourth-order valence-electron chi connectivity index (χ4n) is 1.15. The molecular weight excluding hydrogens is 204 g/mol. The van der Waals surface area contributed by atoms with E-state index in [0.717, 1.165) is 5.56 Å². The number of esters is 1. The van der Waals surface area contributed by atoms with E-state index in [1.54, 1.807) is 45.9 Å². The quantitative estimate of drug-likeness (QED) is 0.437. The van der Waals surface area contributed by atoms with Gasteiger partial charge in [0, 0.05) is 0 Å². The third-order valence-corrected chi connectivity index (χ3v) is 2.18. The lowest BCUT2D eigenvalue weighted by atomic mass is 9.97. The van der Waals surface area contributed by atoms with E-state index in [-0.39, 0.29) is 5.97 Å². The van der Waals surface area contributed by atoms with E-state index in [2.05, 4.69) is 0 Å². The van der Waals surface area contributed by atoms with Gasteiger partial charge in [0.2, 0.25) is 0 Å². The molecule has 0 heterocycles. The molecule has 1 rings (SSSR count). The molecule has 0 saturated heterocycles. The molecule has 0 saturated carbocycles. The van der Waals surface area contributed by atoms with Crippen molar-refractivity contribution in [1.82, 2.24) is 0 Å². The van der Waals surface area contributed by atoms with Crippen LogP contribution >= 0.6 is 0 Å². The van der Waals surface area contributed by atoms with Gasteiger partial charge in [-0.15, -0.1) is 0 Å². The van der Waals surface area contributed by atoms with E-state index in [4.69, 9.17) is 4.74 Å². The second-order valence-electron chi connectivity index (χ2n) is 4.75. The van der Waals surface area contributed by atoms with E-state index >= 15 is 0 Å². The van der Waals surface area contributed by atoms with Crippen LogP contribution in [0.4, 0.5) is 0 Å². The molecule has 0 amide bonds. The Labute approximate surface area is 95.4 Å². The van der Waals surface area contributed by atoms with E-state index in [1.165, 1.54) is 0 Å². The maximum absolute atomic E-state index is 11.7. The number of benzene rings is 1. The number of aldehydes is 1. The molecule has 0 aliphatic rings. The van der Waals surface area contributed by atoms with Crippen molar-refractivity contribution in [2.45, 2.75) is 27.7 Å². The Hall–Kier alpha value is -1.64. The van der Waals surface area contributed by atoms with E-state index in [0.29, 0.717) is 17.6 Å². The van der Waals surface area contributed by atoms with Crippen LogP contribution in [0.25, 0.3) is 0 Å². The molecule has 0 aliphatic heterocycles. The first-order valence-corrected chi connectivity index (χ1v) is 5.13. The first-order valence-electron chi connectivity index (χ1n) is 5.13. The zero-order valence-corrected chi connectivity index (χ0v) is 10.0. The SMILES string of the molecule is Cc1cccc(C=O)c1OC(=O)C(C)(C)C. The Balaban J connectivity index is 3.06. The molecular formula is C13H16O3. The summed E-state index contributed by atoms with van der Waals surface area (Å²) < 4.78 is 5.26. The summed E-state index contributed by atoms with van der Waals surface area (Å²) in [4.78, 5) is 22.5. The molecule has 86 valence electrons. The van der Waals surface area contributed by atoms with Crippen LogP contribution in [-0.2, 0) is 4.79 Å². The third kappa shape index (κ3) is 2.69. The maximum atomic E-state index is 11.7. The van der Waals surface area contributed by atoms with E-state index in [1.807, 2.05) is 0 Å². The monoisotopic (exact) mass is 220 g/mol. The average molecular weight is 220 g/mol. The van der Waals surface area contributed by atoms with Gasteiger partial charge in [0.15, 0.2) is 6.29 Å². The van der Waals surface area contributed by atoms with Crippen molar-refractivity contribution in [2.24, 2.45) is 5.41 Å². The van der Waals surface area contributed by atoms with Crippen LogP contribution < -0.4 is 4.74 Å². The van der Waals surface area contributed by atoms with Crippen molar-refractivity contribution in [3.8, 4) is 5.75 Å². The van der Waals surface area contributed by atoms with Gasteiger partial charge in [0.25, 0.3) is 0 Å². The molecule has 16 heavy (non-hydrogen) atoms. The summed E-state index contributed by atoms with van der Waals surface area (Å²) in [5, 5.41) is 0. The number of carbonyl (C=O) groups is 2. The molecule has 0 bridgehead atoms.